The van der Waals surface area contributed by atoms with Crippen LogP contribution in [0.5, 0.6) is 0 Å². The minimum atomic E-state index is -0.628. The average molecular weight is 730 g/mol. The van der Waals surface area contributed by atoms with Crippen LogP contribution in [0, 0.1) is 6.92 Å². The summed E-state index contributed by atoms with van der Waals surface area (Å²) in [7, 11) is 3.38. The first-order valence-corrected chi connectivity index (χ1v) is 17.6. The predicted octanol–water partition coefficient (Wildman–Crippen LogP) is 5.01. The lowest BCUT2D eigenvalue weighted by Gasteiger charge is -2.29. The van der Waals surface area contributed by atoms with Crippen LogP contribution in [-0.2, 0) is 38.3 Å². The number of carbonyl (C=O) groups is 3. The number of amides is 3. The topological polar surface area (TPSA) is 142 Å². The molecule has 4 heterocycles. The van der Waals surface area contributed by atoms with Crippen molar-refractivity contribution in [3.05, 3.63) is 99.0 Å². The van der Waals surface area contributed by atoms with Crippen LogP contribution in [0.2, 0.25) is 0 Å². The van der Waals surface area contributed by atoms with Crippen molar-refractivity contribution in [1.29, 1.82) is 0 Å². The minimum Gasteiger partial charge on any atom is -0.444 e. The highest BCUT2D eigenvalue weighted by Gasteiger charge is 2.32. The monoisotopic (exact) mass is 729 g/mol. The van der Waals surface area contributed by atoms with Crippen molar-refractivity contribution in [2.45, 2.75) is 65.3 Å². The second-order valence-electron chi connectivity index (χ2n) is 14.5. The van der Waals surface area contributed by atoms with Gasteiger partial charge < -0.3 is 29.2 Å². The van der Waals surface area contributed by atoms with Crippen molar-refractivity contribution in [3.63, 3.8) is 0 Å². The number of hydrogen-bond acceptors (Lipinski definition) is 8. The van der Waals surface area contributed by atoms with Crippen molar-refractivity contribution in [2.24, 2.45) is 14.1 Å². The number of rotatable bonds is 7. The molecular formula is C38H44ClN7O6. The SMILES string of the molecule is Cc1c(NC(=O)c2cc(CN3CCC(O)C3)cn(C)c2=O)cccc1-c1cccc(N(Cl)C(=O)c2nc3c(n2C)CCN(C(=O)OC(C)(C)C)C3)c1. The number of ether oxygens (including phenoxy) is 1. The van der Waals surface area contributed by atoms with Crippen LogP contribution in [0.15, 0.2) is 59.5 Å². The largest absolute Gasteiger partial charge is 0.444 e. The van der Waals surface area contributed by atoms with E-state index >= 15 is 0 Å². The molecule has 1 saturated heterocycles. The first kappa shape index (κ1) is 36.8. The van der Waals surface area contributed by atoms with Crippen molar-refractivity contribution >= 4 is 41.1 Å². The van der Waals surface area contributed by atoms with Gasteiger partial charge in [0.2, 0.25) is 5.82 Å². The third-order valence-electron chi connectivity index (χ3n) is 9.38. The highest BCUT2D eigenvalue weighted by molar-refractivity contribution is 6.38. The molecule has 2 aromatic heterocycles. The number of aromatic nitrogens is 3. The van der Waals surface area contributed by atoms with Crippen molar-refractivity contribution in [2.75, 3.05) is 29.4 Å². The Hall–Kier alpha value is -4.98. The Morgan fingerprint density at radius 2 is 1.85 bits per heavy atom. The van der Waals surface area contributed by atoms with Crippen molar-refractivity contribution in [3.8, 4) is 11.1 Å². The molecule has 4 aromatic rings. The zero-order valence-corrected chi connectivity index (χ0v) is 31.0. The molecular weight excluding hydrogens is 686 g/mol. The number of hydrogen-bond donors (Lipinski definition) is 2. The first-order chi connectivity index (χ1) is 24.6. The molecule has 1 fully saturated rings. The third kappa shape index (κ3) is 7.76. The van der Waals surface area contributed by atoms with E-state index in [9.17, 15) is 24.3 Å². The standard InChI is InChI=1S/C38H44ClN7O6/c1-23-28(11-8-12-30(23)41-34(48)29-17-24(19-42(5)35(29)49)20-44-15-13-27(47)21-44)25-9-7-10-26(18-25)46(39)36(50)33-40-31-22-45(16-14-32(31)43(33)6)37(51)52-38(2,3)4/h7-12,17-19,27,47H,13-16,20-22H2,1-6H3,(H,41,48). The second kappa shape index (κ2) is 14.6. The maximum atomic E-state index is 13.7. The number of aliphatic hydroxyl groups excluding tert-OH is 1. The van der Waals surface area contributed by atoms with Gasteiger partial charge in [0.25, 0.3) is 11.5 Å². The molecule has 0 bridgehead atoms. The molecule has 2 aromatic carbocycles. The summed E-state index contributed by atoms with van der Waals surface area (Å²) in [6.45, 7) is 9.78. The van der Waals surface area contributed by atoms with Crippen LogP contribution >= 0.6 is 11.8 Å². The van der Waals surface area contributed by atoms with E-state index in [0.29, 0.717) is 49.5 Å². The molecule has 13 nitrogen and oxygen atoms in total. The van der Waals surface area contributed by atoms with Crippen LogP contribution in [-0.4, -0.2) is 78.3 Å². The summed E-state index contributed by atoms with van der Waals surface area (Å²) in [5.41, 5.74) is 4.50. The third-order valence-corrected chi connectivity index (χ3v) is 9.73. The number of nitrogens with zero attached hydrogens (tertiary/aromatic N) is 6. The Bertz CT molecular complexity index is 2100. The zero-order valence-electron chi connectivity index (χ0n) is 30.3. The number of anilines is 2. The van der Waals surface area contributed by atoms with E-state index in [-0.39, 0.29) is 24.0 Å². The van der Waals surface area contributed by atoms with Crippen LogP contribution in [0.1, 0.15) is 70.7 Å². The molecule has 0 spiro atoms. The van der Waals surface area contributed by atoms with Gasteiger partial charge in [-0.2, -0.15) is 0 Å². The summed E-state index contributed by atoms with van der Waals surface area (Å²) in [6, 6.07) is 14.3. The predicted molar refractivity (Wildman–Crippen MR) is 198 cm³/mol. The molecule has 0 saturated carbocycles. The highest BCUT2D eigenvalue weighted by atomic mass is 35.5. The number of aliphatic hydroxyl groups is 1. The van der Waals surface area contributed by atoms with Gasteiger partial charge in [0, 0.05) is 76.1 Å². The molecule has 1 unspecified atom stereocenters. The van der Waals surface area contributed by atoms with Gasteiger partial charge in [-0.15, -0.1) is 0 Å². The maximum Gasteiger partial charge on any atom is 0.410 e. The summed E-state index contributed by atoms with van der Waals surface area (Å²) in [6.07, 6.45) is 2.13. The van der Waals surface area contributed by atoms with E-state index in [1.165, 1.54) is 4.57 Å². The first-order valence-electron chi connectivity index (χ1n) is 17.2. The molecule has 2 aliphatic heterocycles. The average Bonchev–Trinajstić information content (AvgIpc) is 3.66. The number of nitrogens with one attached hydrogen (secondary N) is 1. The molecule has 52 heavy (non-hydrogen) atoms. The number of imidazole rings is 1. The van der Waals surface area contributed by atoms with Gasteiger partial charge in [-0.05, 0) is 80.6 Å². The molecule has 0 aliphatic carbocycles. The van der Waals surface area contributed by atoms with Crippen LogP contribution in [0.3, 0.4) is 0 Å². The fourth-order valence-electron chi connectivity index (χ4n) is 6.72. The lowest BCUT2D eigenvalue weighted by molar-refractivity contribution is 0.0220. The number of fused-ring (bicyclic) bond motifs is 1. The summed E-state index contributed by atoms with van der Waals surface area (Å²) in [4.78, 5) is 61.2. The van der Waals surface area contributed by atoms with Gasteiger partial charge in [-0.25, -0.2) is 14.2 Å². The van der Waals surface area contributed by atoms with Gasteiger partial charge in [0.05, 0.1) is 24.0 Å². The van der Waals surface area contributed by atoms with Gasteiger partial charge >= 0.3 is 12.0 Å². The van der Waals surface area contributed by atoms with Gasteiger partial charge in [-0.3, -0.25) is 19.3 Å². The van der Waals surface area contributed by atoms with Crippen LogP contribution in [0.4, 0.5) is 16.2 Å². The van der Waals surface area contributed by atoms with Gasteiger partial charge in [0.1, 0.15) is 11.2 Å². The Kier molecular flexibility index (Phi) is 10.3. The summed E-state index contributed by atoms with van der Waals surface area (Å²) < 4.78 is 9.68. The molecule has 6 rings (SSSR count). The highest BCUT2D eigenvalue weighted by Crippen LogP contribution is 2.33. The smallest absolute Gasteiger partial charge is 0.410 e. The lowest BCUT2D eigenvalue weighted by Crippen LogP contribution is -2.40. The van der Waals surface area contributed by atoms with E-state index in [1.54, 1.807) is 66.2 Å². The molecule has 3 amide bonds. The van der Waals surface area contributed by atoms with E-state index in [1.807, 2.05) is 39.8 Å². The fourth-order valence-corrected chi connectivity index (χ4v) is 6.90. The Labute approximate surface area is 307 Å². The molecule has 0 radical (unpaired) electrons. The maximum absolute atomic E-state index is 13.7. The van der Waals surface area contributed by atoms with E-state index in [0.717, 1.165) is 38.9 Å². The lowest BCUT2D eigenvalue weighted by atomic mass is 9.98. The number of likely N-dealkylation sites (tertiary alicyclic amines) is 1. The van der Waals surface area contributed by atoms with Gasteiger partial charge in [0.15, 0.2) is 0 Å². The van der Waals surface area contributed by atoms with Crippen LogP contribution < -0.4 is 15.3 Å². The number of carbonyl (C=O) groups excluding carboxylic acids is 3. The fraction of sp³-hybridized carbons (Fsp3) is 0.395. The number of aryl methyl sites for hydroxylation is 1. The second-order valence-corrected chi connectivity index (χ2v) is 14.8. The zero-order chi connectivity index (χ0) is 37.5. The van der Waals surface area contributed by atoms with E-state index in [2.05, 4.69) is 15.2 Å². The quantitative estimate of drug-likeness (QED) is 0.253. The Morgan fingerprint density at radius 1 is 1.10 bits per heavy atom. The van der Waals surface area contributed by atoms with E-state index < -0.39 is 29.1 Å². The molecule has 2 N–H and O–H groups in total. The number of halogens is 1. The van der Waals surface area contributed by atoms with Crippen molar-refractivity contribution in [1.82, 2.24) is 23.9 Å². The minimum absolute atomic E-state index is 0.0244. The number of benzene rings is 2. The summed E-state index contributed by atoms with van der Waals surface area (Å²) >= 11 is 6.69. The van der Waals surface area contributed by atoms with Crippen molar-refractivity contribution < 1.29 is 24.2 Å². The van der Waals surface area contributed by atoms with E-state index in [4.69, 9.17) is 16.5 Å². The molecule has 1 atom stereocenters. The molecule has 2 aliphatic rings. The summed E-state index contributed by atoms with van der Waals surface area (Å²) in [5.74, 6) is -0.907. The normalized spacial score (nSPS) is 16.1. The number of pyridine rings is 1. The Balaban J connectivity index is 1.19. The van der Waals surface area contributed by atoms with Gasteiger partial charge in [-0.1, -0.05) is 24.3 Å². The summed E-state index contributed by atoms with van der Waals surface area (Å²) in [5, 5.41) is 12.8. The number of β-amino-alcohol motifs (C(OH)–C–C–N with tert-alkyl or cyclic N) is 1. The molecule has 14 heteroatoms. The van der Waals surface area contributed by atoms with Crippen LogP contribution in [0.25, 0.3) is 11.1 Å². The molecule has 274 valence electrons. The Morgan fingerprint density at radius 3 is 2.56 bits per heavy atom.